The number of nitrogens with zero attached hydrogens (tertiary/aromatic N) is 2. The molecule has 0 radical (unpaired) electrons. The number of halogens is 2. The summed E-state index contributed by atoms with van der Waals surface area (Å²) in [6.07, 6.45) is 1.28. The van der Waals surface area contributed by atoms with E-state index in [1.807, 2.05) is 31.2 Å². The first-order valence-electron chi connectivity index (χ1n) is 8.13. The molecule has 0 aliphatic heterocycles. The second-order valence-electron chi connectivity index (χ2n) is 5.45. The number of anilines is 3. The topological polar surface area (TPSA) is 76.1 Å². The Morgan fingerprint density at radius 3 is 2.56 bits per heavy atom. The van der Waals surface area contributed by atoms with Gasteiger partial charge in [-0.2, -0.15) is 0 Å². The lowest BCUT2D eigenvalue weighted by Gasteiger charge is -2.09. The Hall–Kier alpha value is -3.19. The summed E-state index contributed by atoms with van der Waals surface area (Å²) in [6, 6.07) is 12.8. The Morgan fingerprint density at radius 2 is 1.85 bits per heavy atom. The van der Waals surface area contributed by atoms with Crippen molar-refractivity contribution in [3.05, 3.63) is 71.4 Å². The van der Waals surface area contributed by atoms with Crippen LogP contribution in [0.1, 0.15) is 17.4 Å². The van der Waals surface area contributed by atoms with E-state index in [-0.39, 0.29) is 10.7 Å². The summed E-state index contributed by atoms with van der Waals surface area (Å²) in [5, 5.41) is 5.63. The molecule has 0 fully saturated rings. The summed E-state index contributed by atoms with van der Waals surface area (Å²) in [7, 11) is 0. The predicted molar refractivity (Wildman–Crippen MR) is 102 cm³/mol. The Morgan fingerprint density at radius 1 is 1.11 bits per heavy atom. The van der Waals surface area contributed by atoms with Crippen LogP contribution in [0.2, 0.25) is 5.02 Å². The summed E-state index contributed by atoms with van der Waals surface area (Å²) in [5.41, 5.74) is 1.30. The van der Waals surface area contributed by atoms with Crippen LogP contribution in [0.3, 0.4) is 0 Å². The number of benzene rings is 2. The number of hydrogen-bond donors (Lipinski definition) is 2. The molecule has 0 aliphatic carbocycles. The molecule has 0 atom stereocenters. The fourth-order valence-electron chi connectivity index (χ4n) is 2.27. The summed E-state index contributed by atoms with van der Waals surface area (Å²) < 4.78 is 18.6. The molecule has 0 saturated heterocycles. The predicted octanol–water partition coefficient (Wildman–Crippen LogP) is 4.66. The maximum atomic E-state index is 13.2. The summed E-state index contributed by atoms with van der Waals surface area (Å²) in [4.78, 5) is 20.4. The molecule has 0 saturated carbocycles. The number of aromatic nitrogens is 2. The van der Waals surface area contributed by atoms with Gasteiger partial charge < -0.3 is 15.4 Å². The molecule has 138 valence electrons. The molecule has 2 N–H and O–H groups in total. The van der Waals surface area contributed by atoms with Crippen LogP contribution in [-0.4, -0.2) is 22.5 Å². The fourth-order valence-corrected chi connectivity index (χ4v) is 2.45. The number of rotatable bonds is 6. The fraction of sp³-hybridized carbons (Fsp3) is 0.105. The van der Waals surface area contributed by atoms with E-state index in [1.165, 1.54) is 30.6 Å². The van der Waals surface area contributed by atoms with Crippen LogP contribution in [0, 0.1) is 5.82 Å². The Kier molecular flexibility index (Phi) is 5.83. The molecule has 1 amide bonds. The highest BCUT2D eigenvalue weighted by Crippen LogP contribution is 2.21. The smallest absolute Gasteiger partial charge is 0.274 e. The monoisotopic (exact) mass is 386 g/mol. The molecule has 0 aliphatic rings. The standard InChI is InChI=1S/C19H16ClFN4O2/c1-2-27-14-6-3-12(4-7-14)24-18-10-17(22-11-23-18)19(26)25-13-5-8-16(21)15(20)9-13/h3-11H,2H2,1H3,(H,25,26)(H,22,23,24). The van der Waals surface area contributed by atoms with Crippen molar-refractivity contribution < 1.29 is 13.9 Å². The lowest BCUT2D eigenvalue weighted by atomic mass is 10.2. The van der Waals surface area contributed by atoms with Crippen LogP contribution in [0.25, 0.3) is 0 Å². The minimum absolute atomic E-state index is 0.0756. The van der Waals surface area contributed by atoms with E-state index in [4.69, 9.17) is 16.3 Å². The van der Waals surface area contributed by atoms with Crippen molar-refractivity contribution in [3.63, 3.8) is 0 Å². The highest BCUT2D eigenvalue weighted by Gasteiger charge is 2.11. The third kappa shape index (κ3) is 4.92. The third-order valence-electron chi connectivity index (χ3n) is 3.51. The zero-order valence-electron chi connectivity index (χ0n) is 14.4. The first-order chi connectivity index (χ1) is 13.0. The van der Waals surface area contributed by atoms with Crippen LogP contribution in [-0.2, 0) is 0 Å². The van der Waals surface area contributed by atoms with Crippen LogP contribution in [0.4, 0.5) is 21.6 Å². The van der Waals surface area contributed by atoms with Crippen LogP contribution >= 0.6 is 11.6 Å². The number of nitrogens with one attached hydrogen (secondary N) is 2. The average molecular weight is 387 g/mol. The zero-order chi connectivity index (χ0) is 19.2. The quantitative estimate of drug-likeness (QED) is 0.644. The van der Waals surface area contributed by atoms with Gasteiger partial charge in [0.1, 0.15) is 29.4 Å². The molecule has 0 bridgehead atoms. The molecule has 0 unspecified atom stereocenters. The SMILES string of the molecule is CCOc1ccc(Nc2cc(C(=O)Nc3ccc(F)c(Cl)c3)ncn2)cc1. The Bertz CT molecular complexity index is 951. The number of hydrogen-bond acceptors (Lipinski definition) is 5. The summed E-state index contributed by atoms with van der Waals surface area (Å²) >= 11 is 5.72. The molecule has 2 aromatic carbocycles. The van der Waals surface area contributed by atoms with Crippen LogP contribution < -0.4 is 15.4 Å². The van der Waals surface area contributed by atoms with Crippen LogP contribution in [0.15, 0.2) is 54.9 Å². The van der Waals surface area contributed by atoms with Crippen molar-refractivity contribution in [2.75, 3.05) is 17.2 Å². The lowest BCUT2D eigenvalue weighted by Crippen LogP contribution is -2.14. The van der Waals surface area contributed by atoms with Gasteiger partial charge >= 0.3 is 0 Å². The zero-order valence-corrected chi connectivity index (χ0v) is 15.1. The van der Waals surface area contributed by atoms with E-state index in [9.17, 15) is 9.18 Å². The molecule has 1 aromatic heterocycles. The Labute approximate surface area is 160 Å². The van der Waals surface area contributed by atoms with Crippen LogP contribution in [0.5, 0.6) is 5.75 Å². The van der Waals surface area contributed by atoms with E-state index >= 15 is 0 Å². The van der Waals surface area contributed by atoms with Crippen molar-refractivity contribution in [1.29, 1.82) is 0 Å². The van der Waals surface area contributed by atoms with Crippen molar-refractivity contribution in [2.45, 2.75) is 6.92 Å². The highest BCUT2D eigenvalue weighted by molar-refractivity contribution is 6.31. The van der Waals surface area contributed by atoms with Gasteiger partial charge in [0.05, 0.1) is 11.6 Å². The third-order valence-corrected chi connectivity index (χ3v) is 3.80. The second-order valence-corrected chi connectivity index (χ2v) is 5.86. The van der Waals surface area contributed by atoms with Gasteiger partial charge in [-0.25, -0.2) is 14.4 Å². The van der Waals surface area contributed by atoms with Gasteiger partial charge in [0.25, 0.3) is 5.91 Å². The number of carbonyl (C=O) groups excluding carboxylic acids is 1. The van der Waals surface area contributed by atoms with Crippen molar-refractivity contribution in [1.82, 2.24) is 9.97 Å². The normalized spacial score (nSPS) is 10.3. The molecule has 3 aromatic rings. The highest BCUT2D eigenvalue weighted by atomic mass is 35.5. The van der Waals surface area contributed by atoms with Gasteiger partial charge in [-0.05, 0) is 49.4 Å². The number of ether oxygens (including phenoxy) is 1. The van der Waals surface area contributed by atoms with Crippen molar-refractivity contribution >= 4 is 34.7 Å². The second kappa shape index (κ2) is 8.46. The number of carbonyl (C=O) groups is 1. The van der Waals surface area contributed by atoms with Crippen molar-refractivity contribution in [3.8, 4) is 5.75 Å². The maximum absolute atomic E-state index is 13.2. The van der Waals surface area contributed by atoms with E-state index < -0.39 is 11.7 Å². The van der Waals surface area contributed by atoms with E-state index in [0.29, 0.717) is 18.1 Å². The van der Waals surface area contributed by atoms with Gasteiger partial charge in [-0.3, -0.25) is 4.79 Å². The van der Waals surface area contributed by atoms with Gasteiger partial charge in [-0.15, -0.1) is 0 Å². The van der Waals surface area contributed by atoms with Gasteiger partial charge in [0, 0.05) is 17.4 Å². The molecule has 27 heavy (non-hydrogen) atoms. The largest absolute Gasteiger partial charge is 0.494 e. The van der Waals surface area contributed by atoms with E-state index in [0.717, 1.165) is 11.4 Å². The molecular weight excluding hydrogens is 371 g/mol. The molecule has 8 heteroatoms. The average Bonchev–Trinajstić information content (AvgIpc) is 2.67. The molecular formula is C19H16ClFN4O2. The molecule has 6 nitrogen and oxygen atoms in total. The maximum Gasteiger partial charge on any atom is 0.274 e. The Balaban J connectivity index is 1.70. The lowest BCUT2D eigenvalue weighted by molar-refractivity contribution is 0.102. The van der Waals surface area contributed by atoms with E-state index in [2.05, 4.69) is 20.6 Å². The molecule has 1 heterocycles. The van der Waals surface area contributed by atoms with Gasteiger partial charge in [0.15, 0.2) is 0 Å². The minimum atomic E-state index is -0.557. The minimum Gasteiger partial charge on any atom is -0.494 e. The van der Waals surface area contributed by atoms with Gasteiger partial charge in [0.2, 0.25) is 0 Å². The summed E-state index contributed by atoms with van der Waals surface area (Å²) in [5.74, 6) is 0.202. The molecule has 3 rings (SSSR count). The molecule has 0 spiro atoms. The first kappa shape index (κ1) is 18.6. The first-order valence-corrected chi connectivity index (χ1v) is 8.51. The van der Waals surface area contributed by atoms with E-state index in [1.54, 1.807) is 0 Å². The van der Waals surface area contributed by atoms with Crippen molar-refractivity contribution in [2.24, 2.45) is 0 Å². The number of amides is 1. The van der Waals surface area contributed by atoms with Gasteiger partial charge in [-0.1, -0.05) is 11.6 Å². The summed E-state index contributed by atoms with van der Waals surface area (Å²) in [6.45, 7) is 2.51.